The molecule has 0 saturated heterocycles. The zero-order valence-corrected chi connectivity index (χ0v) is 17.4. The van der Waals surface area contributed by atoms with Crippen molar-refractivity contribution in [3.63, 3.8) is 0 Å². The Morgan fingerprint density at radius 2 is 1.69 bits per heavy atom. The third-order valence-corrected chi connectivity index (χ3v) is 5.09. The van der Waals surface area contributed by atoms with Gasteiger partial charge in [0.25, 0.3) is 5.56 Å². The summed E-state index contributed by atoms with van der Waals surface area (Å²) in [5.41, 5.74) is 2.25. The standard InChI is InChI=1S/C23H19BrN2O3/c1-2-28-20-12-17(22-25-19-11-7-6-10-16(19)23(27)26-22)18(24)13-21(20)29-14-15-8-4-3-5-9-15/h3-13H,2,14H2,1H3,(H,25,26,27). The molecule has 3 aromatic carbocycles. The topological polar surface area (TPSA) is 64.2 Å². The van der Waals surface area contributed by atoms with Gasteiger partial charge in [-0.2, -0.15) is 0 Å². The molecule has 0 aliphatic heterocycles. The molecular weight excluding hydrogens is 432 g/mol. The monoisotopic (exact) mass is 450 g/mol. The molecule has 6 heteroatoms. The summed E-state index contributed by atoms with van der Waals surface area (Å²) >= 11 is 3.59. The van der Waals surface area contributed by atoms with Crippen molar-refractivity contribution in [2.75, 3.05) is 6.61 Å². The van der Waals surface area contributed by atoms with Crippen LogP contribution in [0.15, 0.2) is 76.0 Å². The van der Waals surface area contributed by atoms with Crippen molar-refractivity contribution in [2.24, 2.45) is 0 Å². The van der Waals surface area contributed by atoms with E-state index in [4.69, 9.17) is 9.47 Å². The highest BCUT2D eigenvalue weighted by Gasteiger charge is 2.15. The molecule has 4 aromatic rings. The van der Waals surface area contributed by atoms with Crippen molar-refractivity contribution >= 4 is 26.8 Å². The summed E-state index contributed by atoms with van der Waals surface area (Å²) in [6.45, 7) is 2.83. The van der Waals surface area contributed by atoms with E-state index in [-0.39, 0.29) is 5.56 Å². The van der Waals surface area contributed by atoms with Crippen LogP contribution in [0.2, 0.25) is 0 Å². The number of nitrogens with one attached hydrogen (secondary N) is 1. The number of rotatable bonds is 6. The Kier molecular flexibility index (Phi) is 5.62. The van der Waals surface area contributed by atoms with E-state index in [2.05, 4.69) is 25.9 Å². The summed E-state index contributed by atoms with van der Waals surface area (Å²) in [6.07, 6.45) is 0. The van der Waals surface area contributed by atoms with E-state index in [9.17, 15) is 4.79 Å². The lowest BCUT2D eigenvalue weighted by Crippen LogP contribution is -2.10. The molecule has 0 amide bonds. The normalized spacial score (nSPS) is 10.8. The second kappa shape index (κ2) is 8.49. The summed E-state index contributed by atoms with van der Waals surface area (Å²) in [5.74, 6) is 1.68. The molecule has 0 aliphatic rings. The van der Waals surface area contributed by atoms with E-state index in [0.29, 0.717) is 41.4 Å². The van der Waals surface area contributed by atoms with Crippen LogP contribution in [0.5, 0.6) is 11.5 Å². The Balaban J connectivity index is 1.73. The maximum Gasteiger partial charge on any atom is 0.259 e. The van der Waals surface area contributed by atoms with Gasteiger partial charge in [-0.25, -0.2) is 4.98 Å². The van der Waals surface area contributed by atoms with Crippen LogP contribution < -0.4 is 15.0 Å². The first-order chi connectivity index (χ1) is 14.2. The number of hydrogen-bond acceptors (Lipinski definition) is 4. The second-order valence-corrected chi connectivity index (χ2v) is 7.27. The predicted octanol–water partition coefficient (Wildman–Crippen LogP) is 5.33. The number of halogens is 1. The van der Waals surface area contributed by atoms with E-state index in [1.54, 1.807) is 6.07 Å². The van der Waals surface area contributed by atoms with Gasteiger partial charge in [-0.3, -0.25) is 4.79 Å². The van der Waals surface area contributed by atoms with Gasteiger partial charge in [-0.15, -0.1) is 0 Å². The summed E-state index contributed by atoms with van der Waals surface area (Å²) in [7, 11) is 0. The molecule has 0 bridgehead atoms. The average molecular weight is 451 g/mol. The Morgan fingerprint density at radius 1 is 0.966 bits per heavy atom. The van der Waals surface area contributed by atoms with Crippen molar-refractivity contribution in [1.29, 1.82) is 0 Å². The zero-order chi connectivity index (χ0) is 20.2. The van der Waals surface area contributed by atoms with Crippen LogP contribution in [0, 0.1) is 0 Å². The van der Waals surface area contributed by atoms with Gasteiger partial charge in [0, 0.05) is 10.0 Å². The minimum atomic E-state index is -0.181. The Morgan fingerprint density at radius 3 is 2.48 bits per heavy atom. The van der Waals surface area contributed by atoms with Gasteiger partial charge in [0.15, 0.2) is 11.5 Å². The highest BCUT2D eigenvalue weighted by Crippen LogP contribution is 2.38. The molecule has 0 saturated carbocycles. The van der Waals surface area contributed by atoms with E-state index >= 15 is 0 Å². The number of H-pyrrole nitrogens is 1. The number of aromatic amines is 1. The molecule has 1 aromatic heterocycles. The van der Waals surface area contributed by atoms with Crippen LogP contribution in [-0.4, -0.2) is 16.6 Å². The van der Waals surface area contributed by atoms with E-state index in [0.717, 1.165) is 15.6 Å². The molecule has 29 heavy (non-hydrogen) atoms. The van der Waals surface area contributed by atoms with E-state index in [1.807, 2.05) is 67.6 Å². The molecule has 0 aliphatic carbocycles. The van der Waals surface area contributed by atoms with Gasteiger partial charge in [0.05, 0.1) is 17.5 Å². The summed E-state index contributed by atoms with van der Waals surface area (Å²) in [6, 6.07) is 20.9. The first kappa shape index (κ1) is 19.2. The number of ether oxygens (including phenoxy) is 2. The van der Waals surface area contributed by atoms with Crippen molar-refractivity contribution in [3.05, 3.63) is 87.1 Å². The number of aromatic nitrogens is 2. The zero-order valence-electron chi connectivity index (χ0n) is 15.8. The van der Waals surface area contributed by atoms with E-state index < -0.39 is 0 Å². The lowest BCUT2D eigenvalue weighted by Gasteiger charge is -2.15. The Labute approximate surface area is 176 Å². The first-order valence-electron chi connectivity index (χ1n) is 9.28. The van der Waals surface area contributed by atoms with Crippen LogP contribution >= 0.6 is 15.9 Å². The van der Waals surface area contributed by atoms with Crippen LogP contribution in [0.3, 0.4) is 0 Å². The lowest BCUT2D eigenvalue weighted by atomic mass is 10.1. The quantitative estimate of drug-likeness (QED) is 0.431. The van der Waals surface area contributed by atoms with Gasteiger partial charge in [-0.1, -0.05) is 42.5 Å². The van der Waals surface area contributed by atoms with Crippen LogP contribution in [0.25, 0.3) is 22.3 Å². The van der Waals surface area contributed by atoms with Crippen molar-refractivity contribution in [2.45, 2.75) is 13.5 Å². The number of fused-ring (bicyclic) bond motifs is 1. The molecule has 0 unspecified atom stereocenters. The van der Waals surface area contributed by atoms with Gasteiger partial charge in [0.1, 0.15) is 12.4 Å². The summed E-state index contributed by atoms with van der Waals surface area (Å²) in [5, 5.41) is 0.556. The smallest absolute Gasteiger partial charge is 0.259 e. The average Bonchev–Trinajstić information content (AvgIpc) is 2.74. The molecule has 0 fully saturated rings. The highest BCUT2D eigenvalue weighted by molar-refractivity contribution is 9.10. The SMILES string of the molecule is CCOc1cc(-c2nc3ccccc3c(=O)[nH]2)c(Br)cc1OCc1ccccc1. The highest BCUT2D eigenvalue weighted by atomic mass is 79.9. The van der Waals surface area contributed by atoms with Crippen LogP contribution in [0.1, 0.15) is 12.5 Å². The van der Waals surface area contributed by atoms with Gasteiger partial charge < -0.3 is 14.5 Å². The van der Waals surface area contributed by atoms with E-state index in [1.165, 1.54) is 0 Å². The fourth-order valence-corrected chi connectivity index (χ4v) is 3.56. The summed E-state index contributed by atoms with van der Waals surface area (Å²) in [4.78, 5) is 19.9. The first-order valence-corrected chi connectivity index (χ1v) is 10.1. The number of nitrogens with zero attached hydrogens (tertiary/aromatic N) is 1. The summed E-state index contributed by atoms with van der Waals surface area (Å²) < 4.78 is 12.5. The largest absolute Gasteiger partial charge is 0.490 e. The van der Waals surface area contributed by atoms with Crippen LogP contribution in [-0.2, 0) is 6.61 Å². The molecular formula is C23H19BrN2O3. The van der Waals surface area contributed by atoms with Gasteiger partial charge in [0.2, 0.25) is 0 Å². The van der Waals surface area contributed by atoms with Crippen LogP contribution in [0.4, 0.5) is 0 Å². The molecule has 146 valence electrons. The number of hydrogen-bond donors (Lipinski definition) is 1. The maximum atomic E-state index is 12.5. The fraction of sp³-hybridized carbons (Fsp3) is 0.130. The molecule has 1 N–H and O–H groups in total. The Hall–Kier alpha value is -3.12. The van der Waals surface area contributed by atoms with Crippen molar-refractivity contribution < 1.29 is 9.47 Å². The minimum absolute atomic E-state index is 0.181. The maximum absolute atomic E-state index is 12.5. The van der Waals surface area contributed by atoms with Crippen molar-refractivity contribution in [3.8, 4) is 22.9 Å². The molecule has 0 radical (unpaired) electrons. The second-order valence-electron chi connectivity index (χ2n) is 6.42. The van der Waals surface area contributed by atoms with Crippen molar-refractivity contribution in [1.82, 2.24) is 9.97 Å². The van der Waals surface area contributed by atoms with Gasteiger partial charge in [-0.05, 0) is 52.7 Å². The molecule has 0 spiro atoms. The predicted molar refractivity (Wildman–Crippen MR) is 117 cm³/mol. The molecule has 5 nitrogen and oxygen atoms in total. The third kappa shape index (κ3) is 4.17. The third-order valence-electron chi connectivity index (χ3n) is 4.44. The molecule has 1 heterocycles. The Bertz CT molecular complexity index is 1210. The minimum Gasteiger partial charge on any atom is -0.490 e. The molecule has 0 atom stereocenters. The number of para-hydroxylation sites is 1. The fourth-order valence-electron chi connectivity index (χ4n) is 3.05. The lowest BCUT2D eigenvalue weighted by molar-refractivity contribution is 0.269. The molecule has 4 rings (SSSR count). The number of benzene rings is 3. The van der Waals surface area contributed by atoms with Gasteiger partial charge >= 0.3 is 0 Å².